The Morgan fingerprint density at radius 3 is 2.86 bits per heavy atom. The van der Waals surface area contributed by atoms with Gasteiger partial charge in [-0.3, -0.25) is 9.20 Å². The fourth-order valence-electron chi connectivity index (χ4n) is 2.15. The van der Waals surface area contributed by atoms with Gasteiger partial charge in [0.2, 0.25) is 0 Å². The zero-order chi connectivity index (χ0) is 15.7. The molecule has 22 heavy (non-hydrogen) atoms. The number of carbonyl (C=O) groups excluding carboxylic acids is 1. The molecule has 0 aliphatic heterocycles. The van der Waals surface area contributed by atoms with E-state index in [9.17, 15) is 9.18 Å². The smallest absolute Gasteiger partial charge is 0.273 e. The maximum Gasteiger partial charge on any atom is 0.273 e. The molecular weight excluding hydrogens is 285 g/mol. The number of aryl methyl sites for hydroxylation is 1. The molecule has 0 fully saturated rings. The SMILES string of the molecule is CNC(=O)c1ncc2cncn2c1Nc1ccc(C)cc1F. The molecule has 1 amide bonds. The van der Waals surface area contributed by atoms with Crippen LogP contribution in [0.3, 0.4) is 0 Å². The zero-order valence-electron chi connectivity index (χ0n) is 12.1. The molecule has 2 heterocycles. The Morgan fingerprint density at radius 1 is 1.32 bits per heavy atom. The molecule has 2 N–H and O–H groups in total. The summed E-state index contributed by atoms with van der Waals surface area (Å²) in [6.07, 6.45) is 4.68. The van der Waals surface area contributed by atoms with Crippen LogP contribution in [0.25, 0.3) is 5.52 Å². The molecule has 0 atom stereocenters. The maximum absolute atomic E-state index is 14.1. The van der Waals surface area contributed by atoms with Crippen LogP contribution in [0.4, 0.5) is 15.9 Å². The van der Waals surface area contributed by atoms with Crippen molar-refractivity contribution in [1.29, 1.82) is 0 Å². The van der Waals surface area contributed by atoms with Crippen molar-refractivity contribution in [2.45, 2.75) is 6.92 Å². The Balaban J connectivity index is 2.15. The van der Waals surface area contributed by atoms with Gasteiger partial charge in [0, 0.05) is 7.05 Å². The summed E-state index contributed by atoms with van der Waals surface area (Å²) in [6.45, 7) is 1.81. The molecule has 6 nitrogen and oxygen atoms in total. The highest BCUT2D eigenvalue weighted by molar-refractivity contribution is 5.97. The van der Waals surface area contributed by atoms with Crippen LogP contribution in [0.1, 0.15) is 16.1 Å². The molecule has 112 valence electrons. The highest BCUT2D eigenvalue weighted by Crippen LogP contribution is 2.24. The molecule has 0 unspecified atom stereocenters. The van der Waals surface area contributed by atoms with Gasteiger partial charge in [0.1, 0.15) is 18.0 Å². The van der Waals surface area contributed by atoms with E-state index in [1.807, 2.05) is 0 Å². The molecule has 0 bridgehead atoms. The van der Waals surface area contributed by atoms with Crippen LogP contribution in [-0.4, -0.2) is 27.3 Å². The normalized spacial score (nSPS) is 10.7. The summed E-state index contributed by atoms with van der Waals surface area (Å²) in [6, 6.07) is 4.82. The molecule has 0 aliphatic rings. The Kier molecular flexibility index (Phi) is 3.46. The predicted molar refractivity (Wildman–Crippen MR) is 80.8 cm³/mol. The van der Waals surface area contributed by atoms with Crippen molar-refractivity contribution < 1.29 is 9.18 Å². The molecule has 0 saturated carbocycles. The third kappa shape index (κ3) is 2.37. The van der Waals surface area contributed by atoms with E-state index in [0.717, 1.165) is 5.56 Å². The molecular formula is C15H14FN5O. The molecule has 0 radical (unpaired) electrons. The van der Waals surface area contributed by atoms with Crippen molar-refractivity contribution in [3.63, 3.8) is 0 Å². The van der Waals surface area contributed by atoms with Crippen molar-refractivity contribution in [2.75, 3.05) is 12.4 Å². The number of benzene rings is 1. The number of amides is 1. The second-order valence-electron chi connectivity index (χ2n) is 4.83. The van der Waals surface area contributed by atoms with Gasteiger partial charge in [-0.05, 0) is 24.6 Å². The molecule has 1 aromatic carbocycles. The number of halogens is 1. The third-order valence-corrected chi connectivity index (χ3v) is 3.28. The van der Waals surface area contributed by atoms with Gasteiger partial charge < -0.3 is 10.6 Å². The summed E-state index contributed by atoms with van der Waals surface area (Å²) in [5.41, 5.74) is 1.93. The van der Waals surface area contributed by atoms with Gasteiger partial charge in [-0.2, -0.15) is 0 Å². The standard InChI is InChI=1S/C15H14FN5O/c1-9-3-4-12(11(16)5-9)20-14-13(15(22)17-2)19-7-10-6-18-8-21(10)14/h3-8,20H,1-2H3,(H,17,22). The van der Waals surface area contributed by atoms with E-state index < -0.39 is 5.82 Å². The molecule has 7 heteroatoms. The summed E-state index contributed by atoms with van der Waals surface area (Å²) in [5.74, 6) is -0.414. The number of carbonyl (C=O) groups is 1. The number of rotatable bonds is 3. The number of nitrogens with zero attached hydrogens (tertiary/aromatic N) is 3. The number of hydrogen-bond donors (Lipinski definition) is 2. The average Bonchev–Trinajstić information content (AvgIpc) is 2.98. The van der Waals surface area contributed by atoms with Crippen LogP contribution < -0.4 is 10.6 Å². The summed E-state index contributed by atoms with van der Waals surface area (Å²) >= 11 is 0. The first-order chi connectivity index (χ1) is 10.6. The van der Waals surface area contributed by atoms with Crippen molar-refractivity contribution >= 4 is 22.9 Å². The lowest BCUT2D eigenvalue weighted by Crippen LogP contribution is -2.22. The van der Waals surface area contributed by atoms with Crippen molar-refractivity contribution in [3.8, 4) is 0 Å². The van der Waals surface area contributed by atoms with Gasteiger partial charge in [0.05, 0.1) is 23.6 Å². The molecule has 3 aromatic rings. The summed E-state index contributed by atoms with van der Waals surface area (Å²) in [7, 11) is 1.51. The molecule has 3 rings (SSSR count). The van der Waals surface area contributed by atoms with Crippen LogP contribution in [0.15, 0.2) is 36.9 Å². The average molecular weight is 299 g/mol. The van der Waals surface area contributed by atoms with Gasteiger partial charge in [-0.15, -0.1) is 0 Å². The molecule has 0 aliphatic carbocycles. The first kappa shape index (κ1) is 14.0. The minimum atomic E-state index is -0.403. The monoisotopic (exact) mass is 299 g/mol. The quantitative estimate of drug-likeness (QED) is 0.778. The van der Waals surface area contributed by atoms with E-state index in [1.165, 1.54) is 25.6 Å². The molecule has 0 spiro atoms. The molecule has 2 aromatic heterocycles. The lowest BCUT2D eigenvalue weighted by atomic mass is 10.2. The highest BCUT2D eigenvalue weighted by atomic mass is 19.1. The van der Waals surface area contributed by atoms with Gasteiger partial charge >= 0.3 is 0 Å². The van der Waals surface area contributed by atoms with Gasteiger partial charge in [-0.25, -0.2) is 14.4 Å². The number of fused-ring (bicyclic) bond motifs is 1. The first-order valence-electron chi connectivity index (χ1n) is 6.66. The van der Waals surface area contributed by atoms with Crippen molar-refractivity contribution in [1.82, 2.24) is 19.7 Å². The van der Waals surface area contributed by atoms with E-state index >= 15 is 0 Å². The van der Waals surface area contributed by atoms with E-state index in [4.69, 9.17) is 0 Å². The lowest BCUT2D eigenvalue weighted by Gasteiger charge is -2.13. The number of anilines is 2. The first-order valence-corrected chi connectivity index (χ1v) is 6.66. The van der Waals surface area contributed by atoms with E-state index in [0.29, 0.717) is 11.3 Å². The lowest BCUT2D eigenvalue weighted by molar-refractivity contribution is 0.0958. The fraction of sp³-hybridized carbons (Fsp3) is 0.133. The van der Waals surface area contributed by atoms with Crippen molar-refractivity contribution in [3.05, 3.63) is 54.0 Å². The maximum atomic E-state index is 14.1. The largest absolute Gasteiger partial charge is 0.354 e. The van der Waals surface area contributed by atoms with Gasteiger partial charge in [-0.1, -0.05) is 6.07 Å². The third-order valence-electron chi connectivity index (χ3n) is 3.28. The zero-order valence-corrected chi connectivity index (χ0v) is 12.1. The minimum absolute atomic E-state index is 0.160. The number of hydrogen-bond acceptors (Lipinski definition) is 4. The van der Waals surface area contributed by atoms with E-state index in [2.05, 4.69) is 20.6 Å². The fourth-order valence-corrected chi connectivity index (χ4v) is 2.15. The summed E-state index contributed by atoms with van der Waals surface area (Å²) < 4.78 is 15.7. The van der Waals surface area contributed by atoms with Crippen LogP contribution >= 0.6 is 0 Å². The molecule has 0 saturated heterocycles. The number of nitrogens with one attached hydrogen (secondary N) is 2. The van der Waals surface area contributed by atoms with Crippen LogP contribution in [0.2, 0.25) is 0 Å². The highest BCUT2D eigenvalue weighted by Gasteiger charge is 2.17. The van der Waals surface area contributed by atoms with Crippen LogP contribution in [-0.2, 0) is 0 Å². The second-order valence-corrected chi connectivity index (χ2v) is 4.83. The van der Waals surface area contributed by atoms with Crippen LogP contribution in [0.5, 0.6) is 0 Å². The van der Waals surface area contributed by atoms with E-state index in [1.54, 1.807) is 29.7 Å². The Labute approximate surface area is 126 Å². The Morgan fingerprint density at radius 2 is 2.14 bits per heavy atom. The second kappa shape index (κ2) is 5.44. The van der Waals surface area contributed by atoms with Crippen molar-refractivity contribution in [2.24, 2.45) is 0 Å². The summed E-state index contributed by atoms with van der Waals surface area (Å²) in [4.78, 5) is 20.1. The summed E-state index contributed by atoms with van der Waals surface area (Å²) in [5, 5.41) is 5.46. The predicted octanol–water partition coefficient (Wildman–Crippen LogP) is 2.28. The van der Waals surface area contributed by atoms with Gasteiger partial charge in [0.15, 0.2) is 5.69 Å². The number of imidazole rings is 1. The number of aromatic nitrogens is 3. The van der Waals surface area contributed by atoms with E-state index in [-0.39, 0.29) is 17.3 Å². The Bertz CT molecular complexity index is 858. The topological polar surface area (TPSA) is 71.3 Å². The van der Waals surface area contributed by atoms with Gasteiger partial charge in [0.25, 0.3) is 5.91 Å². The van der Waals surface area contributed by atoms with Crippen LogP contribution in [0, 0.1) is 12.7 Å². The Hall–Kier alpha value is -2.96. The minimum Gasteiger partial charge on any atom is -0.354 e.